The largest absolute Gasteiger partial charge is 0.496 e. The van der Waals surface area contributed by atoms with Crippen molar-refractivity contribution < 1.29 is 18.6 Å². The van der Waals surface area contributed by atoms with Gasteiger partial charge in [-0.25, -0.2) is 24.3 Å². The van der Waals surface area contributed by atoms with Crippen LogP contribution in [0.1, 0.15) is 29.2 Å². The molecule has 0 fully saturated rings. The summed E-state index contributed by atoms with van der Waals surface area (Å²) in [5.74, 6) is 1.61. The third-order valence-electron chi connectivity index (χ3n) is 6.52. The number of allylic oxidation sites excluding steroid dienone is 1. The molecule has 2 aromatic heterocycles. The van der Waals surface area contributed by atoms with Crippen molar-refractivity contribution in [3.8, 4) is 23.1 Å². The van der Waals surface area contributed by atoms with Crippen molar-refractivity contribution in [3.05, 3.63) is 87.9 Å². The van der Waals surface area contributed by atoms with Gasteiger partial charge < -0.3 is 14.2 Å². The molecule has 0 saturated carbocycles. The average Bonchev–Trinajstić information content (AvgIpc) is 3.31. The number of aromatic nitrogens is 4. The normalized spacial score (nSPS) is 12.0. The summed E-state index contributed by atoms with van der Waals surface area (Å²) < 4.78 is 31.2. The Kier molecular flexibility index (Phi) is 7.30. The van der Waals surface area contributed by atoms with Crippen molar-refractivity contribution in [2.24, 2.45) is 0 Å². The van der Waals surface area contributed by atoms with E-state index in [1.54, 1.807) is 20.3 Å². The molecule has 0 bridgehead atoms. The Morgan fingerprint density at radius 1 is 0.769 bits per heavy atom. The van der Waals surface area contributed by atoms with Gasteiger partial charge in [-0.15, -0.1) is 0 Å². The summed E-state index contributed by atoms with van der Waals surface area (Å²) in [7, 11) is 3.24. The Bertz CT molecular complexity index is 1760. The molecular formula is C30H26ClFN4O3. The first-order valence-corrected chi connectivity index (χ1v) is 12.6. The van der Waals surface area contributed by atoms with E-state index >= 15 is 0 Å². The molecule has 0 amide bonds. The van der Waals surface area contributed by atoms with Gasteiger partial charge in [0.1, 0.15) is 29.3 Å². The number of ether oxygens (including phenoxy) is 3. The molecule has 0 aliphatic heterocycles. The third-order valence-corrected chi connectivity index (χ3v) is 6.82. The van der Waals surface area contributed by atoms with Crippen molar-refractivity contribution >= 4 is 39.5 Å². The van der Waals surface area contributed by atoms with Crippen LogP contribution in [0.5, 0.6) is 23.1 Å². The summed E-state index contributed by atoms with van der Waals surface area (Å²) in [5, 5.41) is 1.95. The second-order valence-electron chi connectivity index (χ2n) is 9.24. The fourth-order valence-corrected chi connectivity index (χ4v) is 4.74. The Labute approximate surface area is 230 Å². The lowest BCUT2D eigenvalue weighted by Gasteiger charge is -2.12. The summed E-state index contributed by atoms with van der Waals surface area (Å²) in [6.45, 7) is 5.90. The molecule has 0 radical (unpaired) electrons. The number of hydrogen-bond donors (Lipinski definition) is 0. The van der Waals surface area contributed by atoms with Crippen molar-refractivity contribution in [2.75, 3.05) is 14.2 Å². The molecule has 0 saturated heterocycles. The van der Waals surface area contributed by atoms with E-state index in [1.165, 1.54) is 12.7 Å². The maximum atomic E-state index is 14.8. The van der Waals surface area contributed by atoms with Crippen molar-refractivity contribution in [3.63, 3.8) is 0 Å². The van der Waals surface area contributed by atoms with Gasteiger partial charge >= 0.3 is 0 Å². The Balaban J connectivity index is 0.000000186. The number of aryl methyl sites for hydroxylation is 2. The van der Waals surface area contributed by atoms with Crippen molar-refractivity contribution in [1.82, 2.24) is 19.9 Å². The van der Waals surface area contributed by atoms with Gasteiger partial charge in [0.05, 0.1) is 30.6 Å². The van der Waals surface area contributed by atoms with E-state index in [4.69, 9.17) is 25.8 Å². The molecule has 39 heavy (non-hydrogen) atoms. The van der Waals surface area contributed by atoms with Crippen molar-refractivity contribution in [1.29, 1.82) is 0 Å². The Morgan fingerprint density at radius 3 is 2.05 bits per heavy atom. The molecule has 0 unspecified atom stereocenters. The van der Waals surface area contributed by atoms with E-state index in [2.05, 4.69) is 19.9 Å². The molecule has 1 aliphatic rings. The van der Waals surface area contributed by atoms with Gasteiger partial charge in [-0.1, -0.05) is 29.3 Å². The number of methoxy groups -OCH3 is 2. The van der Waals surface area contributed by atoms with Crippen LogP contribution < -0.4 is 14.2 Å². The highest BCUT2D eigenvalue weighted by molar-refractivity contribution is 6.34. The number of halogens is 2. The molecule has 7 nitrogen and oxygen atoms in total. The Morgan fingerprint density at radius 2 is 1.38 bits per heavy atom. The van der Waals surface area contributed by atoms with Gasteiger partial charge in [-0.05, 0) is 74.2 Å². The molecule has 3 aromatic carbocycles. The van der Waals surface area contributed by atoms with E-state index in [-0.39, 0.29) is 11.6 Å². The quantitative estimate of drug-likeness (QED) is 0.217. The second-order valence-corrected chi connectivity index (χ2v) is 9.60. The monoisotopic (exact) mass is 544 g/mol. The van der Waals surface area contributed by atoms with E-state index in [0.717, 1.165) is 50.9 Å². The molecule has 5 aromatic rings. The lowest BCUT2D eigenvalue weighted by Crippen LogP contribution is -1.97. The van der Waals surface area contributed by atoms with E-state index in [9.17, 15) is 4.39 Å². The topological polar surface area (TPSA) is 79.3 Å². The van der Waals surface area contributed by atoms with Crippen LogP contribution in [0, 0.1) is 19.7 Å². The zero-order valence-corrected chi connectivity index (χ0v) is 22.9. The van der Waals surface area contributed by atoms with Gasteiger partial charge in [0.2, 0.25) is 5.88 Å². The Hall–Kier alpha value is -4.30. The molecule has 9 heteroatoms. The zero-order valence-electron chi connectivity index (χ0n) is 22.2. The smallest absolute Gasteiger partial charge is 0.230 e. The average molecular weight is 545 g/mol. The van der Waals surface area contributed by atoms with Crippen LogP contribution >= 0.6 is 11.6 Å². The molecule has 2 heterocycles. The molecule has 198 valence electrons. The first-order valence-electron chi connectivity index (χ1n) is 12.2. The van der Waals surface area contributed by atoms with Gasteiger partial charge in [-0.2, -0.15) is 0 Å². The van der Waals surface area contributed by atoms with Crippen LogP contribution in [-0.4, -0.2) is 34.2 Å². The van der Waals surface area contributed by atoms with E-state index in [1.807, 2.05) is 57.2 Å². The number of rotatable bonds is 4. The van der Waals surface area contributed by atoms with Crippen LogP contribution in [0.2, 0.25) is 5.15 Å². The summed E-state index contributed by atoms with van der Waals surface area (Å²) in [4.78, 5) is 16.5. The maximum absolute atomic E-state index is 14.8. The van der Waals surface area contributed by atoms with E-state index in [0.29, 0.717) is 27.7 Å². The zero-order chi connectivity index (χ0) is 27.7. The lowest BCUT2D eigenvalue weighted by atomic mass is 10.1. The minimum atomic E-state index is -0.361. The molecular weight excluding hydrogens is 519 g/mol. The number of benzene rings is 3. The van der Waals surface area contributed by atoms with Crippen molar-refractivity contribution in [2.45, 2.75) is 27.2 Å². The minimum absolute atomic E-state index is 0.157. The minimum Gasteiger partial charge on any atom is -0.496 e. The molecule has 0 N–H and O–H groups in total. The highest BCUT2D eigenvalue weighted by Gasteiger charge is 2.19. The lowest BCUT2D eigenvalue weighted by molar-refractivity contribution is 0.411. The number of nitrogens with zero attached hydrogens (tertiary/aromatic N) is 4. The summed E-state index contributed by atoms with van der Waals surface area (Å²) >= 11 is 5.93. The number of fused-ring (bicyclic) bond motifs is 3. The third kappa shape index (κ3) is 5.20. The summed E-state index contributed by atoms with van der Waals surface area (Å²) in [6.07, 6.45) is 5.51. The molecule has 0 atom stereocenters. The first-order chi connectivity index (χ1) is 18.8. The highest BCUT2D eigenvalue weighted by Crippen LogP contribution is 2.36. The first kappa shape index (κ1) is 26.3. The maximum Gasteiger partial charge on any atom is 0.230 e. The second kappa shape index (κ2) is 10.8. The van der Waals surface area contributed by atoms with Crippen LogP contribution in [0.15, 0.2) is 54.6 Å². The molecule has 0 spiro atoms. The van der Waals surface area contributed by atoms with E-state index < -0.39 is 0 Å². The SMILES string of the molecule is COc1cc2c(Cl)ncnc2cc1C.COc1cc2c(Oc3ccc4c(c3F)C=C(C)C4)ncnc2cc1C. The fourth-order valence-electron chi connectivity index (χ4n) is 4.55. The van der Waals surface area contributed by atoms with Gasteiger partial charge in [0, 0.05) is 10.9 Å². The van der Waals surface area contributed by atoms with Crippen LogP contribution in [0.25, 0.3) is 27.9 Å². The van der Waals surface area contributed by atoms with Gasteiger partial charge in [0.25, 0.3) is 0 Å². The van der Waals surface area contributed by atoms with Crippen LogP contribution in [0.4, 0.5) is 4.39 Å². The van der Waals surface area contributed by atoms with Gasteiger partial charge in [-0.3, -0.25) is 0 Å². The number of hydrogen-bond acceptors (Lipinski definition) is 7. The summed E-state index contributed by atoms with van der Waals surface area (Å²) in [6, 6.07) is 11.0. The fraction of sp³-hybridized carbons (Fsp3) is 0.200. The molecule has 6 rings (SSSR count). The molecule has 1 aliphatic carbocycles. The standard InChI is InChI=1S/C20H17FN2O2.C10H9ClN2O/c1-11-6-13-4-5-17(19(21)14(13)7-11)25-20-15-9-18(24-3)12(2)8-16(15)22-10-23-20;1-6-3-8-7(4-9(6)14-2)10(11)13-5-12-8/h4-5,7-10H,6H2,1-3H3;3-5H,1-2H3. The predicted molar refractivity (Wildman–Crippen MR) is 150 cm³/mol. The van der Waals surface area contributed by atoms with Crippen LogP contribution in [0.3, 0.4) is 0 Å². The van der Waals surface area contributed by atoms with Gasteiger partial charge in [0.15, 0.2) is 11.6 Å². The van der Waals surface area contributed by atoms with Crippen LogP contribution in [-0.2, 0) is 6.42 Å². The highest BCUT2D eigenvalue weighted by atomic mass is 35.5. The predicted octanol–water partition coefficient (Wildman–Crippen LogP) is 7.44. The summed E-state index contributed by atoms with van der Waals surface area (Å²) in [5.41, 5.74) is 6.27.